The number of hydrogen-bond acceptors (Lipinski definition) is 5. The van der Waals surface area contributed by atoms with Gasteiger partial charge in [-0.3, -0.25) is 9.36 Å². The monoisotopic (exact) mass is 386 g/mol. The van der Waals surface area contributed by atoms with Gasteiger partial charge in [-0.1, -0.05) is 42.5 Å². The number of hydrogen-bond donors (Lipinski definition) is 3. The van der Waals surface area contributed by atoms with Gasteiger partial charge in [0.1, 0.15) is 5.69 Å². The average molecular weight is 386 g/mol. The molecule has 1 amide bonds. The molecule has 0 fully saturated rings. The molecular formula is C18H18N4O4S. The summed E-state index contributed by atoms with van der Waals surface area (Å²) in [5, 5.41) is 0. The Hall–Kier alpha value is -3.17. The van der Waals surface area contributed by atoms with Gasteiger partial charge in [0.25, 0.3) is 15.9 Å². The highest BCUT2D eigenvalue weighted by Crippen LogP contribution is 2.11. The Morgan fingerprint density at radius 2 is 1.70 bits per heavy atom. The molecule has 0 bridgehead atoms. The number of imidazole rings is 1. The Bertz CT molecular complexity index is 1100. The van der Waals surface area contributed by atoms with Crippen LogP contribution in [-0.4, -0.2) is 23.9 Å². The Morgan fingerprint density at radius 1 is 1.04 bits per heavy atom. The highest BCUT2D eigenvalue weighted by atomic mass is 32.2. The van der Waals surface area contributed by atoms with E-state index in [-0.39, 0.29) is 23.7 Å². The third-order valence-corrected chi connectivity index (χ3v) is 5.33. The zero-order valence-corrected chi connectivity index (χ0v) is 15.1. The minimum Gasteiger partial charge on any atom is -0.326 e. The van der Waals surface area contributed by atoms with Crippen LogP contribution in [0, 0.1) is 0 Å². The number of aromatic nitrogens is 2. The van der Waals surface area contributed by atoms with E-state index in [9.17, 15) is 18.0 Å². The first kappa shape index (κ1) is 18.6. The Balaban J connectivity index is 1.85. The minimum absolute atomic E-state index is 0.0689. The van der Waals surface area contributed by atoms with Gasteiger partial charge in [0.15, 0.2) is 0 Å². The summed E-state index contributed by atoms with van der Waals surface area (Å²) in [5.74, 6) is -0.896. The third-order valence-electron chi connectivity index (χ3n) is 3.98. The maximum atomic E-state index is 12.5. The van der Waals surface area contributed by atoms with E-state index in [1.54, 1.807) is 24.3 Å². The van der Waals surface area contributed by atoms with Crippen LogP contribution in [0.2, 0.25) is 0 Å². The molecule has 0 saturated carbocycles. The van der Waals surface area contributed by atoms with Crippen molar-refractivity contribution in [2.45, 2.75) is 18.0 Å². The number of benzene rings is 2. The van der Waals surface area contributed by atoms with Crippen molar-refractivity contribution in [2.75, 3.05) is 0 Å². The number of aromatic amines is 1. The van der Waals surface area contributed by atoms with Gasteiger partial charge in [-0.2, -0.15) is 0 Å². The van der Waals surface area contributed by atoms with Gasteiger partial charge in [0.05, 0.1) is 11.4 Å². The Morgan fingerprint density at radius 3 is 2.33 bits per heavy atom. The van der Waals surface area contributed by atoms with Gasteiger partial charge < -0.3 is 10.7 Å². The molecule has 9 heteroatoms. The molecule has 1 aromatic heterocycles. The number of nitrogens with zero attached hydrogens (tertiary/aromatic N) is 1. The van der Waals surface area contributed by atoms with Crippen molar-refractivity contribution in [3.05, 3.63) is 88.1 Å². The van der Waals surface area contributed by atoms with E-state index in [1.807, 2.05) is 22.9 Å². The molecule has 0 spiro atoms. The van der Waals surface area contributed by atoms with E-state index >= 15 is 0 Å². The lowest BCUT2D eigenvalue weighted by Gasteiger charge is -2.09. The molecule has 0 aliphatic heterocycles. The molecule has 3 rings (SSSR count). The van der Waals surface area contributed by atoms with Crippen molar-refractivity contribution in [3.8, 4) is 0 Å². The van der Waals surface area contributed by atoms with Crippen LogP contribution in [0.3, 0.4) is 0 Å². The van der Waals surface area contributed by atoms with Gasteiger partial charge in [0, 0.05) is 12.7 Å². The van der Waals surface area contributed by atoms with Crippen molar-refractivity contribution in [3.63, 3.8) is 0 Å². The molecule has 0 radical (unpaired) electrons. The topological polar surface area (TPSA) is 127 Å². The molecule has 1 heterocycles. The lowest BCUT2D eigenvalue weighted by atomic mass is 10.2. The molecule has 0 saturated heterocycles. The lowest BCUT2D eigenvalue weighted by molar-refractivity contribution is 0.0972. The maximum Gasteiger partial charge on any atom is 0.326 e. The van der Waals surface area contributed by atoms with Crippen molar-refractivity contribution in [1.82, 2.24) is 14.3 Å². The number of sulfonamides is 1. The van der Waals surface area contributed by atoms with Gasteiger partial charge in [-0.25, -0.2) is 17.9 Å². The second-order valence-corrected chi connectivity index (χ2v) is 7.52. The molecule has 0 atom stereocenters. The van der Waals surface area contributed by atoms with Crippen molar-refractivity contribution in [2.24, 2.45) is 5.73 Å². The second kappa shape index (κ2) is 7.60. The SMILES string of the molecule is NCc1ccc(S(=O)(=O)NC(=O)c2c[nH]c(=O)n2Cc2ccccc2)cc1. The summed E-state index contributed by atoms with van der Waals surface area (Å²) in [6.45, 7) is 0.416. The zero-order chi connectivity index (χ0) is 19.4. The number of H-pyrrole nitrogens is 1. The average Bonchev–Trinajstić information content (AvgIpc) is 3.03. The summed E-state index contributed by atoms with van der Waals surface area (Å²) < 4.78 is 28.0. The summed E-state index contributed by atoms with van der Waals surface area (Å²) in [6.07, 6.45) is 1.19. The fraction of sp³-hybridized carbons (Fsp3) is 0.111. The Kier molecular flexibility index (Phi) is 5.24. The largest absolute Gasteiger partial charge is 0.326 e. The first-order valence-corrected chi connectivity index (χ1v) is 9.57. The van der Waals surface area contributed by atoms with E-state index in [2.05, 4.69) is 4.98 Å². The van der Waals surface area contributed by atoms with Gasteiger partial charge >= 0.3 is 5.69 Å². The molecule has 3 aromatic rings. The van der Waals surface area contributed by atoms with E-state index < -0.39 is 21.6 Å². The van der Waals surface area contributed by atoms with Crippen molar-refractivity contribution in [1.29, 1.82) is 0 Å². The molecule has 8 nitrogen and oxygen atoms in total. The van der Waals surface area contributed by atoms with Crippen LogP contribution in [-0.2, 0) is 23.1 Å². The van der Waals surface area contributed by atoms with Gasteiger partial charge in [-0.05, 0) is 23.3 Å². The van der Waals surface area contributed by atoms with E-state index in [0.717, 1.165) is 11.1 Å². The van der Waals surface area contributed by atoms with E-state index in [0.29, 0.717) is 0 Å². The standard InChI is InChI=1S/C18H18N4O4S/c19-10-13-6-8-15(9-7-13)27(25,26)21-17(23)16-11-20-18(24)22(16)12-14-4-2-1-3-5-14/h1-9,11H,10,12,19H2,(H,20,24)(H,21,23). The van der Waals surface area contributed by atoms with Crippen molar-refractivity contribution >= 4 is 15.9 Å². The van der Waals surface area contributed by atoms with Crippen LogP contribution >= 0.6 is 0 Å². The fourth-order valence-electron chi connectivity index (χ4n) is 2.54. The maximum absolute atomic E-state index is 12.5. The number of carbonyl (C=O) groups excluding carboxylic acids is 1. The van der Waals surface area contributed by atoms with Crippen LogP contribution in [0.5, 0.6) is 0 Å². The number of nitrogens with one attached hydrogen (secondary N) is 2. The highest BCUT2D eigenvalue weighted by molar-refractivity contribution is 7.90. The van der Waals surface area contributed by atoms with Crippen LogP contribution < -0.4 is 16.1 Å². The first-order chi connectivity index (χ1) is 12.9. The highest BCUT2D eigenvalue weighted by Gasteiger charge is 2.22. The predicted octanol–water partition coefficient (Wildman–Crippen LogP) is 0.802. The smallest absolute Gasteiger partial charge is 0.326 e. The molecule has 4 N–H and O–H groups in total. The predicted molar refractivity (Wildman–Crippen MR) is 99.6 cm³/mol. The summed E-state index contributed by atoms with van der Waals surface area (Å²) in [6, 6.07) is 14.9. The minimum atomic E-state index is -4.08. The molecular weight excluding hydrogens is 368 g/mol. The van der Waals surface area contributed by atoms with Gasteiger partial charge in [-0.15, -0.1) is 0 Å². The third kappa shape index (κ3) is 4.15. The number of carbonyl (C=O) groups is 1. The Labute approximate surface area is 155 Å². The quantitative estimate of drug-likeness (QED) is 0.577. The summed E-state index contributed by atoms with van der Waals surface area (Å²) >= 11 is 0. The molecule has 140 valence electrons. The normalized spacial score (nSPS) is 11.3. The number of nitrogens with two attached hydrogens (primary N) is 1. The van der Waals surface area contributed by atoms with Crippen molar-refractivity contribution < 1.29 is 13.2 Å². The molecule has 2 aromatic carbocycles. The first-order valence-electron chi connectivity index (χ1n) is 8.09. The summed E-state index contributed by atoms with van der Waals surface area (Å²) in [5.41, 5.74) is 6.48. The summed E-state index contributed by atoms with van der Waals surface area (Å²) in [4.78, 5) is 26.9. The van der Waals surface area contributed by atoms with Crippen LogP contribution in [0.25, 0.3) is 0 Å². The summed E-state index contributed by atoms with van der Waals surface area (Å²) in [7, 11) is -4.08. The van der Waals surface area contributed by atoms with Gasteiger partial charge in [0.2, 0.25) is 0 Å². The zero-order valence-electron chi connectivity index (χ0n) is 14.3. The second-order valence-electron chi connectivity index (χ2n) is 5.83. The van der Waals surface area contributed by atoms with E-state index in [1.165, 1.54) is 22.9 Å². The van der Waals surface area contributed by atoms with E-state index in [4.69, 9.17) is 5.73 Å². The molecule has 0 aliphatic rings. The van der Waals surface area contributed by atoms with Crippen LogP contribution in [0.4, 0.5) is 0 Å². The number of amides is 1. The molecule has 0 aliphatic carbocycles. The molecule has 0 unspecified atom stereocenters. The van der Waals surface area contributed by atoms with Crippen LogP contribution in [0.1, 0.15) is 21.6 Å². The molecule has 27 heavy (non-hydrogen) atoms. The van der Waals surface area contributed by atoms with Crippen LogP contribution in [0.15, 0.2) is 70.5 Å². The number of rotatable bonds is 6. The fourth-order valence-corrected chi connectivity index (χ4v) is 3.51. The lowest BCUT2D eigenvalue weighted by Crippen LogP contribution is -2.33.